The van der Waals surface area contributed by atoms with Crippen molar-refractivity contribution >= 4 is 19.8 Å². The summed E-state index contributed by atoms with van der Waals surface area (Å²) in [4.78, 5) is 35.5. The fraction of sp³-hybridized carbons (Fsp3) is 0.889. The molecule has 0 aliphatic rings. The lowest BCUT2D eigenvalue weighted by molar-refractivity contribution is -0.870. The molecule has 0 amide bonds. The molecule has 1 N–H and O–H groups in total. The van der Waals surface area contributed by atoms with Crippen LogP contribution in [-0.2, 0) is 32.7 Å². The number of likely N-dealkylation sites (N-methyl/N-ethyl adjacent to an activating group) is 1. The highest BCUT2D eigenvalue weighted by atomic mass is 31.2. The molecular weight excluding hydrogens is 822 g/mol. The molecule has 0 rings (SSSR count). The Morgan fingerprint density at radius 3 is 1.28 bits per heavy atom. The van der Waals surface area contributed by atoms with Crippen molar-refractivity contribution in [3.05, 3.63) is 24.3 Å². The molecule has 0 bridgehead atoms. The van der Waals surface area contributed by atoms with E-state index < -0.39 is 32.5 Å². The standard InChI is InChI=1S/C54H104NO8P/c1-6-8-10-12-14-16-18-20-22-24-25-26-27-28-29-31-33-35-37-39-41-43-45-47-54(57)63-52(51-62-64(58,59)61-49-48-55(3,4)5)50-60-53(56)46-44-42-40-38-36-34-32-30-23-21-19-17-15-13-11-9-7-2/h32,34,38,40,52H,6-31,33,35-37,39,41-51H2,1-5H3/p+1/b34-32+,40-38+/t52-/m1/s1. The lowest BCUT2D eigenvalue weighted by atomic mass is 10.0. The van der Waals surface area contributed by atoms with Crippen LogP contribution in [0.4, 0.5) is 0 Å². The Morgan fingerprint density at radius 2 is 0.859 bits per heavy atom. The summed E-state index contributed by atoms with van der Waals surface area (Å²) < 4.78 is 34.4. The van der Waals surface area contributed by atoms with Gasteiger partial charge in [0.1, 0.15) is 19.8 Å². The first kappa shape index (κ1) is 62.5. The number of phosphoric ester groups is 1. The van der Waals surface area contributed by atoms with Crippen LogP contribution >= 0.6 is 7.82 Å². The van der Waals surface area contributed by atoms with Crippen LogP contribution in [-0.4, -0.2) is 74.9 Å². The molecule has 0 aliphatic carbocycles. The van der Waals surface area contributed by atoms with Gasteiger partial charge in [0.2, 0.25) is 0 Å². The molecular formula is C54H105NO8P+. The molecule has 0 saturated carbocycles. The van der Waals surface area contributed by atoms with E-state index in [0.717, 1.165) is 32.1 Å². The number of nitrogens with zero attached hydrogens (tertiary/aromatic N) is 1. The molecule has 378 valence electrons. The molecule has 0 aromatic heterocycles. The summed E-state index contributed by atoms with van der Waals surface area (Å²) in [6.45, 7) is 4.43. The SMILES string of the molecule is CCCCCCCCCCC/C=C/C/C=C/CCCC(=O)OC[C@H](COP(=O)(O)OCC[N+](C)(C)C)OC(=O)CCCCCCCCCCCCCCCCCCCCCCCCC. The third kappa shape index (κ3) is 49.9. The van der Waals surface area contributed by atoms with Gasteiger partial charge in [0, 0.05) is 12.8 Å². The van der Waals surface area contributed by atoms with Crippen LogP contribution in [0.5, 0.6) is 0 Å². The molecule has 0 aliphatic heterocycles. The zero-order chi connectivity index (χ0) is 47.1. The monoisotopic (exact) mass is 927 g/mol. The number of carbonyl (C=O) groups excluding carboxylic acids is 2. The van der Waals surface area contributed by atoms with Crippen LogP contribution in [0.2, 0.25) is 0 Å². The average Bonchev–Trinajstić information content (AvgIpc) is 3.25. The zero-order valence-corrected chi connectivity index (χ0v) is 43.7. The highest BCUT2D eigenvalue weighted by molar-refractivity contribution is 7.47. The van der Waals surface area contributed by atoms with E-state index >= 15 is 0 Å². The average molecular weight is 927 g/mol. The van der Waals surface area contributed by atoms with E-state index in [-0.39, 0.29) is 26.1 Å². The van der Waals surface area contributed by atoms with Gasteiger partial charge in [-0.3, -0.25) is 18.6 Å². The Labute approximate surface area is 396 Å². The van der Waals surface area contributed by atoms with E-state index in [4.69, 9.17) is 18.5 Å². The minimum Gasteiger partial charge on any atom is -0.462 e. The fourth-order valence-electron chi connectivity index (χ4n) is 7.76. The highest BCUT2D eigenvalue weighted by Gasteiger charge is 2.27. The van der Waals surface area contributed by atoms with Gasteiger partial charge in [-0.2, -0.15) is 0 Å². The summed E-state index contributed by atoms with van der Waals surface area (Å²) in [7, 11) is 1.47. The normalized spacial score (nSPS) is 13.5. The van der Waals surface area contributed by atoms with Crippen molar-refractivity contribution in [1.29, 1.82) is 0 Å². The van der Waals surface area contributed by atoms with Crippen molar-refractivity contribution in [2.45, 2.75) is 264 Å². The van der Waals surface area contributed by atoms with Crippen LogP contribution < -0.4 is 0 Å². The first-order valence-corrected chi connectivity index (χ1v) is 28.6. The van der Waals surface area contributed by atoms with Gasteiger partial charge in [0.25, 0.3) is 0 Å². The highest BCUT2D eigenvalue weighted by Crippen LogP contribution is 2.43. The van der Waals surface area contributed by atoms with Gasteiger partial charge in [-0.1, -0.05) is 231 Å². The Bertz CT molecular complexity index is 1140. The molecule has 10 heteroatoms. The Balaban J connectivity index is 4.21. The van der Waals surface area contributed by atoms with Gasteiger partial charge in [0.15, 0.2) is 6.10 Å². The third-order valence-corrected chi connectivity index (χ3v) is 13.0. The van der Waals surface area contributed by atoms with E-state index in [1.54, 1.807) is 0 Å². The first-order valence-electron chi connectivity index (χ1n) is 27.1. The van der Waals surface area contributed by atoms with E-state index in [9.17, 15) is 19.0 Å². The number of hydrogen-bond donors (Lipinski definition) is 1. The molecule has 2 atom stereocenters. The predicted octanol–water partition coefficient (Wildman–Crippen LogP) is 16.3. The Hall–Kier alpha value is -1.51. The van der Waals surface area contributed by atoms with Gasteiger partial charge < -0.3 is 18.9 Å². The molecule has 0 radical (unpaired) electrons. The number of rotatable bonds is 50. The second-order valence-corrected chi connectivity index (χ2v) is 21.1. The van der Waals surface area contributed by atoms with Crippen molar-refractivity contribution in [3.8, 4) is 0 Å². The smallest absolute Gasteiger partial charge is 0.462 e. The van der Waals surface area contributed by atoms with Gasteiger partial charge in [-0.05, 0) is 38.5 Å². The van der Waals surface area contributed by atoms with E-state index in [1.807, 2.05) is 21.1 Å². The lowest BCUT2D eigenvalue weighted by Crippen LogP contribution is -2.37. The Morgan fingerprint density at radius 1 is 0.484 bits per heavy atom. The third-order valence-electron chi connectivity index (χ3n) is 12.0. The van der Waals surface area contributed by atoms with Gasteiger partial charge in [-0.15, -0.1) is 0 Å². The van der Waals surface area contributed by atoms with E-state index in [2.05, 4.69) is 38.2 Å². The second-order valence-electron chi connectivity index (χ2n) is 19.6. The van der Waals surface area contributed by atoms with Crippen LogP contribution in [0.1, 0.15) is 258 Å². The molecule has 9 nitrogen and oxygen atoms in total. The number of phosphoric acid groups is 1. The van der Waals surface area contributed by atoms with E-state index in [0.29, 0.717) is 23.9 Å². The topological polar surface area (TPSA) is 108 Å². The molecule has 0 fully saturated rings. The van der Waals surface area contributed by atoms with Gasteiger partial charge in [0.05, 0.1) is 27.7 Å². The Kier molecular flexibility index (Phi) is 45.5. The number of carbonyl (C=O) groups is 2. The maximum Gasteiger partial charge on any atom is 0.472 e. The minimum absolute atomic E-state index is 0.0281. The number of esters is 2. The molecule has 0 aromatic rings. The molecule has 1 unspecified atom stereocenters. The van der Waals surface area contributed by atoms with Crippen molar-refractivity contribution in [2.75, 3.05) is 47.5 Å². The van der Waals surface area contributed by atoms with Crippen molar-refractivity contribution in [2.24, 2.45) is 0 Å². The summed E-state index contributed by atoms with van der Waals surface area (Å²) in [5.41, 5.74) is 0. The maximum absolute atomic E-state index is 12.8. The van der Waals surface area contributed by atoms with Crippen LogP contribution in [0.25, 0.3) is 0 Å². The number of hydrogen-bond acceptors (Lipinski definition) is 7. The van der Waals surface area contributed by atoms with E-state index in [1.165, 1.54) is 186 Å². The van der Waals surface area contributed by atoms with Crippen molar-refractivity contribution < 1.29 is 42.1 Å². The molecule has 0 spiro atoms. The first-order chi connectivity index (χ1) is 31.0. The number of ether oxygens (including phenoxy) is 2. The molecule has 0 heterocycles. The fourth-order valence-corrected chi connectivity index (χ4v) is 8.50. The molecule has 0 aromatic carbocycles. The van der Waals surface area contributed by atoms with Gasteiger partial charge >= 0.3 is 19.8 Å². The second kappa shape index (κ2) is 46.6. The summed E-state index contributed by atoms with van der Waals surface area (Å²) in [6.07, 6.45) is 53.9. The minimum atomic E-state index is -4.39. The van der Waals surface area contributed by atoms with Crippen LogP contribution in [0, 0.1) is 0 Å². The summed E-state index contributed by atoms with van der Waals surface area (Å²) >= 11 is 0. The largest absolute Gasteiger partial charge is 0.472 e. The van der Waals surface area contributed by atoms with Crippen LogP contribution in [0.3, 0.4) is 0 Å². The maximum atomic E-state index is 12.8. The van der Waals surface area contributed by atoms with Crippen molar-refractivity contribution in [1.82, 2.24) is 0 Å². The van der Waals surface area contributed by atoms with Gasteiger partial charge in [-0.25, -0.2) is 4.57 Å². The summed E-state index contributed by atoms with van der Waals surface area (Å²) in [6, 6.07) is 0. The summed E-state index contributed by atoms with van der Waals surface area (Å²) in [5, 5.41) is 0. The van der Waals surface area contributed by atoms with Crippen LogP contribution in [0.15, 0.2) is 24.3 Å². The number of unbranched alkanes of at least 4 members (excludes halogenated alkanes) is 32. The van der Waals surface area contributed by atoms with Crippen molar-refractivity contribution in [3.63, 3.8) is 0 Å². The number of allylic oxidation sites excluding steroid dienone is 4. The molecule has 0 saturated heterocycles. The zero-order valence-electron chi connectivity index (χ0n) is 42.8. The predicted molar refractivity (Wildman–Crippen MR) is 271 cm³/mol. The number of quaternary nitrogens is 1. The quantitative estimate of drug-likeness (QED) is 0.0211. The molecule has 64 heavy (non-hydrogen) atoms. The summed E-state index contributed by atoms with van der Waals surface area (Å²) in [5.74, 6) is -0.837. The lowest BCUT2D eigenvalue weighted by Gasteiger charge is -2.24.